The number of rotatable bonds is 7. The number of nitrogens with one attached hydrogen (secondary N) is 3. The molecule has 2 heterocycles. The predicted molar refractivity (Wildman–Crippen MR) is 126 cm³/mol. The van der Waals surface area contributed by atoms with Crippen LogP contribution in [0.4, 0.5) is 5.82 Å². The van der Waals surface area contributed by atoms with Crippen molar-refractivity contribution in [3.05, 3.63) is 59.8 Å². The van der Waals surface area contributed by atoms with Gasteiger partial charge >= 0.3 is 0 Å². The molecular weight excluding hydrogens is 388 g/mol. The Morgan fingerprint density at radius 1 is 1.23 bits per heavy atom. The number of carbonyl (C=O) groups is 1. The lowest BCUT2D eigenvalue weighted by Gasteiger charge is -2.38. The molecule has 1 amide bonds. The lowest BCUT2D eigenvalue weighted by Crippen LogP contribution is -2.51. The summed E-state index contributed by atoms with van der Waals surface area (Å²) in [5.41, 5.74) is 2.42. The number of amides is 1. The minimum Gasteiger partial charge on any atom is -0.356 e. The maximum Gasteiger partial charge on any atom is 0.227 e. The van der Waals surface area contributed by atoms with Gasteiger partial charge in [-0.25, -0.2) is 4.98 Å². The minimum atomic E-state index is -0.0675. The van der Waals surface area contributed by atoms with Crippen molar-refractivity contribution in [2.45, 2.75) is 51.7 Å². The second kappa shape index (κ2) is 11.5. The van der Waals surface area contributed by atoms with Crippen molar-refractivity contribution in [2.24, 2.45) is 4.99 Å². The molecule has 1 aliphatic heterocycles. The highest BCUT2D eigenvalue weighted by Crippen LogP contribution is 2.19. The standard InChI is InChI=1S/C24H34N6O/c1-18-9-10-22(27-16-18)29-23(31)11-13-26-24(25-3)28-21-12-14-30(19(2)15-21)17-20-7-5-4-6-8-20/h4-10,16,19,21H,11-15,17H2,1-3H3,(H2,25,26,28)(H,27,29,31). The lowest BCUT2D eigenvalue weighted by molar-refractivity contribution is -0.116. The van der Waals surface area contributed by atoms with Crippen LogP contribution < -0.4 is 16.0 Å². The van der Waals surface area contributed by atoms with Crippen molar-refractivity contribution < 1.29 is 4.79 Å². The first kappa shape index (κ1) is 22.7. The summed E-state index contributed by atoms with van der Waals surface area (Å²) in [5.74, 6) is 1.26. The number of benzene rings is 1. The van der Waals surface area contributed by atoms with Crippen molar-refractivity contribution in [2.75, 3.05) is 25.5 Å². The Labute approximate surface area is 185 Å². The number of pyridine rings is 1. The Morgan fingerprint density at radius 2 is 2.03 bits per heavy atom. The number of hydrogen-bond donors (Lipinski definition) is 3. The van der Waals surface area contributed by atoms with Crippen LogP contribution in [0.15, 0.2) is 53.7 Å². The molecule has 2 unspecified atom stereocenters. The van der Waals surface area contributed by atoms with Crippen molar-refractivity contribution >= 4 is 17.7 Å². The van der Waals surface area contributed by atoms with Gasteiger partial charge in [-0.05, 0) is 43.9 Å². The molecule has 1 fully saturated rings. The topological polar surface area (TPSA) is 81.6 Å². The van der Waals surface area contributed by atoms with Crippen LogP contribution in [0.2, 0.25) is 0 Å². The summed E-state index contributed by atoms with van der Waals surface area (Å²) in [6, 6.07) is 15.2. The smallest absolute Gasteiger partial charge is 0.227 e. The summed E-state index contributed by atoms with van der Waals surface area (Å²) < 4.78 is 0. The number of carbonyl (C=O) groups excluding carboxylic acids is 1. The van der Waals surface area contributed by atoms with Crippen molar-refractivity contribution in [3.63, 3.8) is 0 Å². The SMILES string of the molecule is CN=C(NCCC(=O)Nc1ccc(C)cn1)NC1CCN(Cc2ccccc2)C(C)C1. The quantitative estimate of drug-likeness (QED) is 0.472. The number of anilines is 1. The monoisotopic (exact) mass is 422 g/mol. The summed E-state index contributed by atoms with van der Waals surface area (Å²) in [4.78, 5) is 23.2. The van der Waals surface area contributed by atoms with Crippen molar-refractivity contribution in [3.8, 4) is 0 Å². The molecule has 0 bridgehead atoms. The maximum absolute atomic E-state index is 12.1. The Morgan fingerprint density at radius 3 is 2.71 bits per heavy atom. The van der Waals surface area contributed by atoms with E-state index in [2.05, 4.69) is 68.1 Å². The summed E-state index contributed by atoms with van der Waals surface area (Å²) in [7, 11) is 1.76. The highest BCUT2D eigenvalue weighted by atomic mass is 16.1. The zero-order chi connectivity index (χ0) is 22.1. The molecule has 0 spiro atoms. The number of aliphatic imine (C=N–C) groups is 1. The molecule has 3 N–H and O–H groups in total. The molecule has 2 atom stereocenters. The summed E-state index contributed by atoms with van der Waals surface area (Å²) in [6.45, 7) is 6.81. The maximum atomic E-state index is 12.1. The van der Waals surface area contributed by atoms with Gasteiger partial charge < -0.3 is 16.0 Å². The predicted octanol–water partition coefficient (Wildman–Crippen LogP) is 2.94. The molecule has 0 radical (unpaired) electrons. The number of nitrogens with zero attached hydrogens (tertiary/aromatic N) is 3. The first-order valence-corrected chi connectivity index (χ1v) is 11.0. The van der Waals surface area contributed by atoms with Gasteiger partial charge in [-0.1, -0.05) is 36.4 Å². The average Bonchev–Trinajstić information content (AvgIpc) is 2.77. The third kappa shape index (κ3) is 7.36. The molecule has 31 heavy (non-hydrogen) atoms. The van der Waals surface area contributed by atoms with Crippen LogP contribution in [0, 0.1) is 6.92 Å². The normalized spacial score (nSPS) is 19.6. The van der Waals surface area contributed by atoms with E-state index in [0.29, 0.717) is 30.9 Å². The largest absolute Gasteiger partial charge is 0.356 e. The molecule has 1 saturated heterocycles. The van der Waals surface area contributed by atoms with E-state index in [-0.39, 0.29) is 5.91 Å². The Balaban J connectivity index is 1.38. The molecule has 166 valence electrons. The average molecular weight is 423 g/mol. The Hall–Kier alpha value is -2.93. The molecule has 1 aromatic carbocycles. The van der Waals surface area contributed by atoms with Crippen LogP contribution in [-0.2, 0) is 11.3 Å². The Bertz CT molecular complexity index is 852. The molecule has 0 saturated carbocycles. The number of guanidine groups is 1. The minimum absolute atomic E-state index is 0.0675. The van der Waals surface area contributed by atoms with Gasteiger partial charge in [0, 0.05) is 51.4 Å². The first-order valence-electron chi connectivity index (χ1n) is 11.0. The number of hydrogen-bond acceptors (Lipinski definition) is 4. The van der Waals surface area contributed by atoms with E-state index in [1.54, 1.807) is 13.2 Å². The number of likely N-dealkylation sites (tertiary alicyclic amines) is 1. The third-order valence-electron chi connectivity index (χ3n) is 5.63. The van der Waals surface area contributed by atoms with Crippen LogP contribution in [-0.4, -0.2) is 54.0 Å². The van der Waals surface area contributed by atoms with Crippen LogP contribution in [0.5, 0.6) is 0 Å². The van der Waals surface area contributed by atoms with Gasteiger partial charge in [0.2, 0.25) is 5.91 Å². The molecule has 3 rings (SSSR count). The van der Waals surface area contributed by atoms with E-state index < -0.39 is 0 Å². The summed E-state index contributed by atoms with van der Waals surface area (Å²) >= 11 is 0. The Kier molecular flexibility index (Phi) is 8.41. The number of aromatic nitrogens is 1. The van der Waals surface area contributed by atoms with E-state index in [0.717, 1.165) is 37.5 Å². The van der Waals surface area contributed by atoms with Gasteiger partial charge in [0.05, 0.1) is 0 Å². The number of piperidine rings is 1. The van der Waals surface area contributed by atoms with Gasteiger partial charge in [0.25, 0.3) is 0 Å². The zero-order valence-electron chi connectivity index (χ0n) is 18.8. The molecular formula is C24H34N6O. The van der Waals surface area contributed by atoms with E-state index in [1.807, 2.05) is 19.1 Å². The third-order valence-corrected chi connectivity index (χ3v) is 5.63. The van der Waals surface area contributed by atoms with Gasteiger partial charge in [-0.2, -0.15) is 0 Å². The second-order valence-corrected chi connectivity index (χ2v) is 8.19. The molecule has 7 nitrogen and oxygen atoms in total. The van der Waals surface area contributed by atoms with E-state index in [4.69, 9.17) is 0 Å². The van der Waals surface area contributed by atoms with Crippen LogP contribution in [0.25, 0.3) is 0 Å². The first-order chi connectivity index (χ1) is 15.0. The molecule has 7 heteroatoms. The van der Waals surface area contributed by atoms with Gasteiger partial charge in [0.15, 0.2) is 5.96 Å². The highest BCUT2D eigenvalue weighted by Gasteiger charge is 2.25. The summed E-state index contributed by atoms with van der Waals surface area (Å²) in [5, 5.41) is 9.59. The van der Waals surface area contributed by atoms with Gasteiger partial charge in [-0.15, -0.1) is 0 Å². The van der Waals surface area contributed by atoms with Gasteiger partial charge in [-0.3, -0.25) is 14.7 Å². The van der Waals surface area contributed by atoms with E-state index in [1.165, 1.54) is 5.56 Å². The molecule has 1 aliphatic rings. The summed E-state index contributed by atoms with van der Waals surface area (Å²) in [6.07, 6.45) is 4.22. The zero-order valence-corrected chi connectivity index (χ0v) is 18.8. The molecule has 0 aliphatic carbocycles. The van der Waals surface area contributed by atoms with Crippen LogP contribution in [0.3, 0.4) is 0 Å². The van der Waals surface area contributed by atoms with Crippen molar-refractivity contribution in [1.29, 1.82) is 0 Å². The van der Waals surface area contributed by atoms with Crippen LogP contribution in [0.1, 0.15) is 37.3 Å². The molecule has 2 aromatic rings. The van der Waals surface area contributed by atoms with Crippen LogP contribution >= 0.6 is 0 Å². The fourth-order valence-corrected chi connectivity index (χ4v) is 3.83. The lowest BCUT2D eigenvalue weighted by atomic mass is 9.97. The van der Waals surface area contributed by atoms with Gasteiger partial charge in [0.1, 0.15) is 5.82 Å². The fraction of sp³-hybridized carbons (Fsp3) is 0.458. The highest BCUT2D eigenvalue weighted by molar-refractivity contribution is 5.90. The fourth-order valence-electron chi connectivity index (χ4n) is 3.83. The second-order valence-electron chi connectivity index (χ2n) is 8.19. The van der Waals surface area contributed by atoms with E-state index >= 15 is 0 Å². The number of aryl methyl sites for hydroxylation is 1. The van der Waals surface area contributed by atoms with E-state index in [9.17, 15) is 4.79 Å². The molecule has 1 aromatic heterocycles. The van der Waals surface area contributed by atoms with Crippen molar-refractivity contribution in [1.82, 2.24) is 20.5 Å².